The Morgan fingerprint density at radius 1 is 1.30 bits per heavy atom. The van der Waals surface area contributed by atoms with E-state index in [1.807, 2.05) is 0 Å². The minimum absolute atomic E-state index is 0.183. The monoisotopic (exact) mass is 318 g/mol. The Hall–Kier alpha value is -0.770. The smallest absolute Gasteiger partial charge is 0.313 e. The molecule has 0 heterocycles. The summed E-state index contributed by atoms with van der Waals surface area (Å²) in [6.45, 7) is 3.99. The van der Waals surface area contributed by atoms with Crippen molar-refractivity contribution in [3.05, 3.63) is 33.3 Å². The van der Waals surface area contributed by atoms with Crippen LogP contribution in [0.4, 0.5) is 0 Å². The Bertz CT molecular complexity index is 461. The fraction of sp³-hybridized carbons (Fsp3) is 0.533. The minimum atomic E-state index is -0.410. The van der Waals surface area contributed by atoms with Gasteiger partial charge < -0.3 is 9.84 Å². The van der Waals surface area contributed by atoms with Gasteiger partial charge in [-0.3, -0.25) is 4.79 Å². The van der Waals surface area contributed by atoms with Crippen molar-refractivity contribution in [1.82, 2.24) is 0 Å². The first-order valence-corrected chi connectivity index (χ1v) is 7.56. The number of rotatable bonds is 7. The van der Waals surface area contributed by atoms with Gasteiger partial charge in [0.25, 0.3) is 0 Å². The zero-order valence-corrected chi connectivity index (χ0v) is 13.3. The van der Waals surface area contributed by atoms with E-state index >= 15 is 0 Å². The standard InChI is InChI=1S/C15H20Cl2O3/c1-3-5-6-11(15(19)20-4-2)12-8-13(16)10(9-18)7-14(12)17/h7-8,11,18H,3-6,9H2,1-2H3. The van der Waals surface area contributed by atoms with E-state index in [0.717, 1.165) is 12.8 Å². The summed E-state index contributed by atoms with van der Waals surface area (Å²) in [5.41, 5.74) is 1.22. The molecule has 0 bridgehead atoms. The van der Waals surface area contributed by atoms with Crippen LogP contribution in [0, 0.1) is 0 Å². The normalized spacial score (nSPS) is 12.2. The molecule has 20 heavy (non-hydrogen) atoms. The number of carbonyl (C=O) groups is 1. The predicted octanol–water partition coefficient (Wildman–Crippen LogP) is 4.32. The number of hydrogen-bond acceptors (Lipinski definition) is 3. The number of aliphatic hydroxyl groups excluding tert-OH is 1. The van der Waals surface area contributed by atoms with Gasteiger partial charge in [-0.1, -0.05) is 43.0 Å². The summed E-state index contributed by atoms with van der Waals surface area (Å²) in [5.74, 6) is -0.691. The van der Waals surface area contributed by atoms with Crippen molar-refractivity contribution in [2.75, 3.05) is 6.61 Å². The highest BCUT2D eigenvalue weighted by Gasteiger charge is 2.24. The van der Waals surface area contributed by atoms with Gasteiger partial charge in [0.05, 0.1) is 19.1 Å². The number of esters is 1. The van der Waals surface area contributed by atoms with Crippen molar-refractivity contribution in [3.8, 4) is 0 Å². The van der Waals surface area contributed by atoms with Crippen LogP contribution in [0.1, 0.15) is 50.2 Å². The maximum Gasteiger partial charge on any atom is 0.313 e. The second-order valence-corrected chi connectivity index (χ2v) is 5.38. The van der Waals surface area contributed by atoms with Crippen LogP contribution in [0.25, 0.3) is 0 Å². The van der Waals surface area contributed by atoms with Crippen LogP contribution < -0.4 is 0 Å². The van der Waals surface area contributed by atoms with Gasteiger partial charge in [0.15, 0.2) is 0 Å². The van der Waals surface area contributed by atoms with Crippen molar-refractivity contribution in [1.29, 1.82) is 0 Å². The first-order valence-electron chi connectivity index (χ1n) is 6.80. The second kappa shape index (κ2) is 8.50. The first-order chi connectivity index (χ1) is 9.54. The van der Waals surface area contributed by atoms with E-state index in [0.29, 0.717) is 34.2 Å². The van der Waals surface area contributed by atoms with Crippen LogP contribution in [-0.4, -0.2) is 17.7 Å². The third-order valence-electron chi connectivity index (χ3n) is 3.13. The van der Waals surface area contributed by atoms with Crippen LogP contribution >= 0.6 is 23.2 Å². The van der Waals surface area contributed by atoms with Gasteiger partial charge in [0.2, 0.25) is 0 Å². The van der Waals surface area contributed by atoms with Crippen molar-refractivity contribution in [2.24, 2.45) is 0 Å². The molecule has 1 N–H and O–H groups in total. The van der Waals surface area contributed by atoms with E-state index in [-0.39, 0.29) is 12.6 Å². The highest BCUT2D eigenvalue weighted by Crippen LogP contribution is 2.34. The van der Waals surface area contributed by atoms with E-state index in [2.05, 4.69) is 6.92 Å². The summed E-state index contributed by atoms with van der Waals surface area (Å²) in [6, 6.07) is 3.27. The average Bonchev–Trinajstić information content (AvgIpc) is 2.42. The van der Waals surface area contributed by atoms with Gasteiger partial charge in [0.1, 0.15) is 0 Å². The lowest BCUT2D eigenvalue weighted by Gasteiger charge is -2.18. The first kappa shape index (κ1) is 17.3. The average molecular weight is 319 g/mol. The largest absolute Gasteiger partial charge is 0.466 e. The molecule has 0 aliphatic rings. The van der Waals surface area contributed by atoms with Gasteiger partial charge in [-0.15, -0.1) is 0 Å². The van der Waals surface area contributed by atoms with Crippen LogP contribution in [0.3, 0.4) is 0 Å². The Morgan fingerprint density at radius 3 is 2.55 bits per heavy atom. The van der Waals surface area contributed by atoms with Crippen LogP contribution in [0.5, 0.6) is 0 Å². The van der Waals surface area contributed by atoms with Crippen molar-refractivity contribution < 1.29 is 14.6 Å². The SMILES string of the molecule is CCCCC(C(=O)OCC)c1cc(Cl)c(CO)cc1Cl. The zero-order chi connectivity index (χ0) is 15.1. The van der Waals surface area contributed by atoms with Crippen molar-refractivity contribution in [2.45, 2.75) is 45.6 Å². The molecule has 1 unspecified atom stereocenters. The molecule has 0 aromatic heterocycles. The summed E-state index contributed by atoms with van der Waals surface area (Å²) in [4.78, 5) is 12.1. The zero-order valence-electron chi connectivity index (χ0n) is 11.8. The molecule has 0 spiro atoms. The van der Waals surface area contributed by atoms with E-state index in [4.69, 9.17) is 27.9 Å². The Balaban J connectivity index is 3.12. The molecular formula is C15H20Cl2O3. The molecule has 1 aromatic rings. The lowest BCUT2D eigenvalue weighted by atomic mass is 9.92. The van der Waals surface area contributed by atoms with E-state index < -0.39 is 5.92 Å². The summed E-state index contributed by atoms with van der Waals surface area (Å²) >= 11 is 12.3. The van der Waals surface area contributed by atoms with Crippen LogP contribution in [0.2, 0.25) is 10.0 Å². The van der Waals surface area contributed by atoms with Crippen LogP contribution in [0.15, 0.2) is 12.1 Å². The van der Waals surface area contributed by atoms with E-state index in [1.54, 1.807) is 19.1 Å². The predicted molar refractivity (Wildman–Crippen MR) is 81.3 cm³/mol. The summed E-state index contributed by atoms with van der Waals surface area (Å²) in [6.07, 6.45) is 2.55. The molecule has 1 aromatic carbocycles. The molecule has 0 radical (unpaired) electrons. The number of benzene rings is 1. The molecule has 0 saturated carbocycles. The molecule has 0 aliphatic heterocycles. The van der Waals surface area contributed by atoms with E-state index in [9.17, 15) is 9.90 Å². The van der Waals surface area contributed by atoms with Crippen molar-refractivity contribution in [3.63, 3.8) is 0 Å². The number of carbonyl (C=O) groups excluding carboxylic acids is 1. The van der Waals surface area contributed by atoms with Gasteiger partial charge in [-0.2, -0.15) is 0 Å². The fourth-order valence-corrected chi connectivity index (χ4v) is 2.59. The summed E-state index contributed by atoms with van der Waals surface area (Å²) < 4.78 is 5.12. The quantitative estimate of drug-likeness (QED) is 0.761. The molecular weight excluding hydrogens is 299 g/mol. The van der Waals surface area contributed by atoms with Gasteiger partial charge in [-0.05, 0) is 36.6 Å². The van der Waals surface area contributed by atoms with Gasteiger partial charge >= 0.3 is 5.97 Å². The number of unbranched alkanes of at least 4 members (excludes halogenated alkanes) is 1. The minimum Gasteiger partial charge on any atom is -0.466 e. The van der Waals surface area contributed by atoms with E-state index in [1.165, 1.54) is 0 Å². The second-order valence-electron chi connectivity index (χ2n) is 4.57. The molecule has 1 atom stereocenters. The topological polar surface area (TPSA) is 46.5 Å². The maximum atomic E-state index is 12.1. The number of hydrogen-bond donors (Lipinski definition) is 1. The molecule has 3 nitrogen and oxygen atoms in total. The van der Waals surface area contributed by atoms with Crippen LogP contribution in [-0.2, 0) is 16.1 Å². The molecule has 0 aliphatic carbocycles. The third kappa shape index (κ3) is 4.37. The highest BCUT2D eigenvalue weighted by molar-refractivity contribution is 6.34. The molecule has 5 heteroatoms. The number of halogens is 2. The molecule has 0 fully saturated rings. The molecule has 112 valence electrons. The molecule has 0 amide bonds. The van der Waals surface area contributed by atoms with Gasteiger partial charge in [-0.25, -0.2) is 0 Å². The van der Waals surface area contributed by atoms with Crippen molar-refractivity contribution >= 4 is 29.2 Å². The lowest BCUT2D eigenvalue weighted by molar-refractivity contribution is -0.145. The highest BCUT2D eigenvalue weighted by atomic mass is 35.5. The lowest BCUT2D eigenvalue weighted by Crippen LogP contribution is -2.16. The third-order valence-corrected chi connectivity index (χ3v) is 3.81. The maximum absolute atomic E-state index is 12.1. The van der Waals surface area contributed by atoms with Gasteiger partial charge in [0, 0.05) is 10.0 Å². The molecule has 0 saturated heterocycles. The Morgan fingerprint density at radius 2 is 2.00 bits per heavy atom. The Kier molecular flexibility index (Phi) is 7.35. The molecule has 1 rings (SSSR count). The summed E-state index contributed by atoms with van der Waals surface area (Å²) in [7, 11) is 0. The Labute approximate surface area is 129 Å². The fourth-order valence-electron chi connectivity index (χ4n) is 2.04. The number of ether oxygens (including phenoxy) is 1. The summed E-state index contributed by atoms with van der Waals surface area (Å²) in [5, 5.41) is 10.0. The number of aliphatic hydroxyl groups is 1.